The van der Waals surface area contributed by atoms with Crippen LogP contribution in [0.15, 0.2) is 66.7 Å². The van der Waals surface area contributed by atoms with Gasteiger partial charge in [-0.05, 0) is 22.9 Å². The number of nitrogens with zero attached hydrogens (tertiary/aromatic N) is 1. The molecule has 0 radical (unpaired) electrons. The van der Waals surface area contributed by atoms with E-state index in [4.69, 9.17) is 0 Å². The summed E-state index contributed by atoms with van der Waals surface area (Å²) in [5.41, 5.74) is 3.35. The second-order valence-corrected chi connectivity index (χ2v) is 6.49. The minimum Gasteiger partial charge on any atom is -0.276 e. The standard InChI is InChI=1S/C19H12N2S/c1-2-6-13-11-14(10-9-12(13)5-1)17-19-18(21-20-17)15-7-3-4-8-16(15)22-19/h1-11H,(H,20,21). The van der Waals surface area contributed by atoms with Gasteiger partial charge in [-0.1, -0.05) is 54.6 Å². The van der Waals surface area contributed by atoms with E-state index in [0.29, 0.717) is 0 Å². The van der Waals surface area contributed by atoms with Crippen LogP contribution in [0.25, 0.3) is 42.3 Å². The number of thiophene rings is 1. The molecule has 2 aromatic heterocycles. The lowest BCUT2D eigenvalue weighted by atomic mass is 10.1. The topological polar surface area (TPSA) is 28.7 Å². The molecule has 0 aliphatic heterocycles. The van der Waals surface area contributed by atoms with E-state index in [1.807, 2.05) is 0 Å². The number of benzene rings is 3. The van der Waals surface area contributed by atoms with Crippen molar-refractivity contribution in [1.82, 2.24) is 10.2 Å². The molecule has 0 unspecified atom stereocenters. The van der Waals surface area contributed by atoms with Crippen LogP contribution in [0.1, 0.15) is 0 Å². The van der Waals surface area contributed by atoms with E-state index in [1.54, 1.807) is 11.3 Å². The molecule has 2 nitrogen and oxygen atoms in total. The van der Waals surface area contributed by atoms with Gasteiger partial charge in [0.25, 0.3) is 0 Å². The Bertz CT molecular complexity index is 1130. The fraction of sp³-hybridized carbons (Fsp3) is 0. The number of hydrogen-bond donors (Lipinski definition) is 1. The molecule has 0 bridgehead atoms. The summed E-state index contributed by atoms with van der Waals surface area (Å²) in [5.74, 6) is 0. The van der Waals surface area contributed by atoms with Gasteiger partial charge in [0, 0.05) is 15.6 Å². The zero-order valence-electron chi connectivity index (χ0n) is 11.7. The van der Waals surface area contributed by atoms with Crippen molar-refractivity contribution in [1.29, 1.82) is 0 Å². The minimum absolute atomic E-state index is 1.04. The van der Waals surface area contributed by atoms with E-state index in [2.05, 4.69) is 76.9 Å². The van der Waals surface area contributed by atoms with Gasteiger partial charge in [0.15, 0.2) is 0 Å². The number of hydrogen-bond acceptors (Lipinski definition) is 2. The summed E-state index contributed by atoms with van der Waals surface area (Å²) in [5, 5.41) is 11.5. The summed E-state index contributed by atoms with van der Waals surface area (Å²) in [7, 11) is 0. The van der Waals surface area contributed by atoms with Gasteiger partial charge in [-0.15, -0.1) is 11.3 Å². The average Bonchev–Trinajstić information content (AvgIpc) is 3.13. The Morgan fingerprint density at radius 2 is 1.64 bits per heavy atom. The first-order chi connectivity index (χ1) is 10.9. The Balaban J connectivity index is 1.81. The number of aromatic amines is 1. The summed E-state index contributed by atoms with van der Waals surface area (Å²) in [6, 6.07) is 23.4. The Labute approximate surface area is 131 Å². The molecule has 22 heavy (non-hydrogen) atoms. The number of nitrogens with one attached hydrogen (secondary N) is 1. The first-order valence-corrected chi connectivity index (χ1v) is 8.06. The Morgan fingerprint density at radius 3 is 2.59 bits per heavy atom. The summed E-state index contributed by atoms with van der Waals surface area (Å²) >= 11 is 1.80. The highest BCUT2D eigenvalue weighted by atomic mass is 32.1. The molecule has 0 spiro atoms. The molecule has 2 heterocycles. The maximum atomic E-state index is 4.57. The zero-order valence-corrected chi connectivity index (χ0v) is 12.5. The third kappa shape index (κ3) is 1.63. The molecule has 0 aliphatic carbocycles. The lowest BCUT2D eigenvalue weighted by molar-refractivity contribution is 1.13. The van der Waals surface area contributed by atoms with Crippen LogP contribution < -0.4 is 0 Å². The van der Waals surface area contributed by atoms with Crippen molar-refractivity contribution in [3.8, 4) is 11.3 Å². The van der Waals surface area contributed by atoms with Gasteiger partial charge in [-0.2, -0.15) is 5.10 Å². The monoisotopic (exact) mass is 300 g/mol. The van der Waals surface area contributed by atoms with Crippen LogP contribution in [-0.4, -0.2) is 10.2 Å². The molecular weight excluding hydrogens is 288 g/mol. The molecule has 104 valence electrons. The zero-order chi connectivity index (χ0) is 14.5. The summed E-state index contributed by atoms with van der Waals surface area (Å²) in [6.45, 7) is 0. The quantitative estimate of drug-likeness (QED) is 0.429. The van der Waals surface area contributed by atoms with Gasteiger partial charge < -0.3 is 0 Å². The predicted molar refractivity (Wildman–Crippen MR) is 94.4 cm³/mol. The van der Waals surface area contributed by atoms with Crippen LogP contribution in [0.4, 0.5) is 0 Å². The second kappa shape index (κ2) is 4.42. The fourth-order valence-electron chi connectivity index (χ4n) is 3.02. The van der Waals surface area contributed by atoms with Crippen molar-refractivity contribution in [3.63, 3.8) is 0 Å². The van der Waals surface area contributed by atoms with Gasteiger partial charge in [0.2, 0.25) is 0 Å². The third-order valence-electron chi connectivity index (χ3n) is 4.11. The largest absolute Gasteiger partial charge is 0.276 e. The molecule has 5 rings (SSSR count). The van der Waals surface area contributed by atoms with Gasteiger partial charge in [0.1, 0.15) is 5.69 Å². The molecule has 0 fully saturated rings. The van der Waals surface area contributed by atoms with Crippen molar-refractivity contribution in [2.24, 2.45) is 0 Å². The predicted octanol–water partition coefficient (Wildman–Crippen LogP) is 5.60. The van der Waals surface area contributed by atoms with Crippen molar-refractivity contribution < 1.29 is 0 Å². The number of H-pyrrole nitrogens is 1. The number of fused-ring (bicyclic) bond motifs is 4. The summed E-state index contributed by atoms with van der Waals surface area (Å²) in [4.78, 5) is 0. The number of aromatic nitrogens is 2. The molecule has 1 N–H and O–H groups in total. The first-order valence-electron chi connectivity index (χ1n) is 7.25. The molecular formula is C19H12N2S. The lowest BCUT2D eigenvalue weighted by Gasteiger charge is -2.00. The Morgan fingerprint density at radius 1 is 0.818 bits per heavy atom. The van der Waals surface area contributed by atoms with E-state index in [9.17, 15) is 0 Å². The highest BCUT2D eigenvalue weighted by molar-refractivity contribution is 7.26. The maximum Gasteiger partial charge on any atom is 0.110 e. The third-order valence-corrected chi connectivity index (χ3v) is 5.29. The van der Waals surface area contributed by atoms with Crippen molar-refractivity contribution >= 4 is 42.4 Å². The maximum absolute atomic E-state index is 4.57. The highest BCUT2D eigenvalue weighted by Gasteiger charge is 2.13. The molecule has 3 heteroatoms. The van der Waals surface area contributed by atoms with Crippen LogP contribution in [0, 0.1) is 0 Å². The van der Waals surface area contributed by atoms with Gasteiger partial charge in [-0.3, -0.25) is 5.10 Å². The van der Waals surface area contributed by atoms with Gasteiger partial charge in [0.05, 0.1) is 10.2 Å². The van der Waals surface area contributed by atoms with Crippen LogP contribution in [-0.2, 0) is 0 Å². The SMILES string of the molecule is c1ccc2cc(-c3n[nH]c4c3sc3ccccc34)ccc2c1. The van der Waals surface area contributed by atoms with Crippen LogP contribution in [0.2, 0.25) is 0 Å². The Hall–Kier alpha value is -2.65. The van der Waals surface area contributed by atoms with E-state index in [0.717, 1.165) is 16.8 Å². The highest BCUT2D eigenvalue weighted by Crippen LogP contribution is 2.38. The van der Waals surface area contributed by atoms with Gasteiger partial charge >= 0.3 is 0 Å². The van der Waals surface area contributed by atoms with E-state index < -0.39 is 0 Å². The molecule has 0 atom stereocenters. The normalized spacial score (nSPS) is 11.6. The van der Waals surface area contributed by atoms with Crippen molar-refractivity contribution in [2.45, 2.75) is 0 Å². The average molecular weight is 300 g/mol. The molecule has 0 saturated heterocycles. The molecule has 0 aliphatic rings. The first kappa shape index (κ1) is 12.0. The smallest absolute Gasteiger partial charge is 0.110 e. The van der Waals surface area contributed by atoms with Crippen LogP contribution in [0.3, 0.4) is 0 Å². The molecule has 0 amide bonds. The van der Waals surface area contributed by atoms with Gasteiger partial charge in [-0.25, -0.2) is 0 Å². The van der Waals surface area contributed by atoms with Crippen LogP contribution in [0.5, 0.6) is 0 Å². The fourth-order valence-corrected chi connectivity index (χ4v) is 4.18. The van der Waals surface area contributed by atoms with Crippen molar-refractivity contribution in [3.05, 3.63) is 66.7 Å². The molecule has 0 saturated carbocycles. The lowest BCUT2D eigenvalue weighted by Crippen LogP contribution is -1.79. The van der Waals surface area contributed by atoms with Crippen molar-refractivity contribution in [2.75, 3.05) is 0 Å². The molecule has 5 aromatic rings. The summed E-state index contributed by atoms with van der Waals surface area (Å²) < 4.78 is 2.53. The second-order valence-electron chi connectivity index (χ2n) is 5.44. The molecule has 3 aromatic carbocycles. The van der Waals surface area contributed by atoms with E-state index in [-0.39, 0.29) is 0 Å². The van der Waals surface area contributed by atoms with E-state index in [1.165, 1.54) is 25.6 Å². The minimum atomic E-state index is 1.04. The van der Waals surface area contributed by atoms with E-state index >= 15 is 0 Å². The van der Waals surface area contributed by atoms with Crippen LogP contribution >= 0.6 is 11.3 Å². The summed E-state index contributed by atoms with van der Waals surface area (Å²) in [6.07, 6.45) is 0. The Kier molecular flexibility index (Phi) is 2.40. The number of rotatable bonds is 1.